The van der Waals surface area contributed by atoms with Gasteiger partial charge >= 0.3 is 0 Å². The van der Waals surface area contributed by atoms with Gasteiger partial charge < -0.3 is 9.47 Å². The van der Waals surface area contributed by atoms with Gasteiger partial charge in [0.25, 0.3) is 0 Å². The van der Waals surface area contributed by atoms with Crippen LogP contribution in [0.1, 0.15) is 11.1 Å². The average Bonchev–Trinajstić information content (AvgIpc) is 2.77. The minimum atomic E-state index is -3.89. The molecule has 0 aliphatic carbocycles. The number of ether oxygens (including phenoxy) is 2. The molecule has 30 heavy (non-hydrogen) atoms. The van der Waals surface area contributed by atoms with Crippen molar-refractivity contribution in [2.75, 3.05) is 14.2 Å². The Hall–Kier alpha value is -3.16. The van der Waals surface area contributed by atoms with Crippen LogP contribution in [-0.4, -0.2) is 33.7 Å². The molecule has 0 atom stereocenters. The molecule has 0 heterocycles. The molecule has 2 aromatic rings. The quantitative estimate of drug-likeness (QED) is 0.396. The van der Waals surface area contributed by atoms with E-state index in [0.29, 0.717) is 11.5 Å². The first kappa shape index (κ1) is 23.1. The fourth-order valence-electron chi connectivity index (χ4n) is 2.65. The van der Waals surface area contributed by atoms with E-state index in [1.54, 1.807) is 38.5 Å². The Bertz CT molecular complexity index is 974. The summed E-state index contributed by atoms with van der Waals surface area (Å²) in [5.41, 5.74) is 1.88. The summed E-state index contributed by atoms with van der Waals surface area (Å²) in [5, 5.41) is 0. The van der Waals surface area contributed by atoms with E-state index in [0.717, 1.165) is 11.1 Å². The Balaban J connectivity index is 2.36. The fourth-order valence-corrected chi connectivity index (χ4v) is 4.00. The molecule has 6 nitrogen and oxygen atoms in total. The monoisotopic (exact) mass is 426 g/mol. The fraction of sp³-hybridized carbons (Fsp3) is 0.174. The molecule has 0 saturated heterocycles. The Morgan fingerprint density at radius 1 is 0.933 bits per heavy atom. The predicted molar refractivity (Wildman–Crippen MR) is 121 cm³/mol. The van der Waals surface area contributed by atoms with E-state index < -0.39 is 10.0 Å². The van der Waals surface area contributed by atoms with E-state index in [2.05, 4.69) is 24.9 Å². The Morgan fingerprint density at radius 3 is 1.73 bits per heavy atom. The SMILES string of the molecule is C=N/C=C\C(=C)C(=C)S(=O)(=O)N(Cc1ccc(OC)cc1)Cc1ccc(OC)cc1. The number of aliphatic imine (C=N–C) groups is 1. The molecule has 2 aromatic carbocycles. The van der Waals surface area contributed by atoms with E-state index in [1.165, 1.54) is 16.6 Å². The van der Waals surface area contributed by atoms with Crippen LogP contribution >= 0.6 is 0 Å². The van der Waals surface area contributed by atoms with E-state index in [9.17, 15) is 8.42 Å². The molecule has 0 saturated carbocycles. The highest BCUT2D eigenvalue weighted by Gasteiger charge is 2.27. The van der Waals surface area contributed by atoms with E-state index in [4.69, 9.17) is 9.47 Å². The van der Waals surface area contributed by atoms with Crippen LogP contribution < -0.4 is 9.47 Å². The van der Waals surface area contributed by atoms with Crippen LogP contribution in [-0.2, 0) is 23.1 Å². The van der Waals surface area contributed by atoms with Gasteiger partial charge in [-0.3, -0.25) is 4.99 Å². The Kier molecular flexibility index (Phi) is 8.15. The van der Waals surface area contributed by atoms with Crippen LogP contribution in [0.4, 0.5) is 0 Å². The molecule has 0 aliphatic heterocycles. The molecule has 7 heteroatoms. The topological polar surface area (TPSA) is 68.2 Å². The van der Waals surface area contributed by atoms with Gasteiger partial charge in [0, 0.05) is 19.3 Å². The van der Waals surface area contributed by atoms with Crippen molar-refractivity contribution in [1.82, 2.24) is 4.31 Å². The second-order valence-electron chi connectivity index (χ2n) is 6.42. The van der Waals surface area contributed by atoms with Gasteiger partial charge in [0.1, 0.15) is 11.5 Å². The Labute approximate surface area is 178 Å². The summed E-state index contributed by atoms with van der Waals surface area (Å²) in [6.45, 7) is 11.2. The van der Waals surface area contributed by atoms with Crippen LogP contribution in [0.5, 0.6) is 11.5 Å². The van der Waals surface area contributed by atoms with Crippen molar-refractivity contribution in [1.29, 1.82) is 0 Å². The number of sulfonamides is 1. The van der Waals surface area contributed by atoms with Crippen LogP contribution in [0.2, 0.25) is 0 Å². The van der Waals surface area contributed by atoms with Gasteiger partial charge in [-0.25, -0.2) is 8.42 Å². The van der Waals surface area contributed by atoms with Gasteiger partial charge in [-0.05, 0) is 53.8 Å². The first-order valence-electron chi connectivity index (χ1n) is 9.08. The van der Waals surface area contributed by atoms with Crippen LogP contribution in [0.25, 0.3) is 0 Å². The van der Waals surface area contributed by atoms with Gasteiger partial charge in [-0.15, -0.1) is 0 Å². The van der Waals surface area contributed by atoms with Gasteiger partial charge in [0.2, 0.25) is 10.0 Å². The highest BCUT2D eigenvalue weighted by atomic mass is 32.2. The number of rotatable bonds is 11. The zero-order valence-electron chi connectivity index (χ0n) is 17.2. The maximum atomic E-state index is 13.3. The van der Waals surface area contributed by atoms with E-state index in [1.807, 2.05) is 24.3 Å². The molecule has 0 unspecified atom stereocenters. The third kappa shape index (κ3) is 5.92. The van der Waals surface area contributed by atoms with Crippen LogP contribution in [0.3, 0.4) is 0 Å². The summed E-state index contributed by atoms with van der Waals surface area (Å²) < 4.78 is 38.4. The zero-order chi connectivity index (χ0) is 22.1. The standard InChI is InChI=1S/C23H26N2O4S/c1-18(14-15-24-3)19(2)30(26,27)25(16-20-6-10-22(28-4)11-7-20)17-21-8-12-23(29-5)13-9-21/h6-15H,1-3,16-17H2,4-5H3/b15-14-. The highest BCUT2D eigenvalue weighted by Crippen LogP contribution is 2.25. The third-order valence-corrected chi connectivity index (χ3v) is 6.25. The third-order valence-electron chi connectivity index (χ3n) is 4.43. The van der Waals surface area contributed by atoms with Crippen molar-refractivity contribution in [2.45, 2.75) is 13.1 Å². The van der Waals surface area contributed by atoms with Crippen LogP contribution in [0, 0.1) is 0 Å². The summed E-state index contributed by atoms with van der Waals surface area (Å²) in [4.78, 5) is 3.50. The number of hydrogen-bond acceptors (Lipinski definition) is 5. The molecule has 0 aliphatic rings. The van der Waals surface area contributed by atoms with Crippen molar-refractivity contribution in [3.05, 3.63) is 95.6 Å². The summed E-state index contributed by atoms with van der Waals surface area (Å²) in [6, 6.07) is 14.5. The summed E-state index contributed by atoms with van der Waals surface area (Å²) in [6.07, 6.45) is 2.84. The first-order valence-corrected chi connectivity index (χ1v) is 10.5. The molecule has 0 amide bonds. The number of methoxy groups -OCH3 is 2. The molecule has 0 N–H and O–H groups in total. The maximum absolute atomic E-state index is 13.3. The Morgan fingerprint density at radius 2 is 1.37 bits per heavy atom. The molecule has 0 spiro atoms. The molecule has 0 fully saturated rings. The minimum Gasteiger partial charge on any atom is -0.497 e. The second-order valence-corrected chi connectivity index (χ2v) is 8.38. The lowest BCUT2D eigenvalue weighted by atomic mass is 10.2. The van der Waals surface area contributed by atoms with Crippen molar-refractivity contribution >= 4 is 16.7 Å². The van der Waals surface area contributed by atoms with Gasteiger partial charge in [0.05, 0.1) is 19.1 Å². The smallest absolute Gasteiger partial charge is 0.243 e. The van der Waals surface area contributed by atoms with Crippen molar-refractivity contribution in [3.63, 3.8) is 0 Å². The normalized spacial score (nSPS) is 11.4. The highest BCUT2D eigenvalue weighted by molar-refractivity contribution is 7.93. The van der Waals surface area contributed by atoms with Crippen molar-refractivity contribution in [3.8, 4) is 11.5 Å². The largest absolute Gasteiger partial charge is 0.497 e. The first-order chi connectivity index (χ1) is 14.3. The van der Waals surface area contributed by atoms with E-state index in [-0.39, 0.29) is 23.6 Å². The maximum Gasteiger partial charge on any atom is 0.243 e. The number of nitrogens with zero attached hydrogens (tertiary/aromatic N) is 2. The lowest BCUT2D eigenvalue weighted by Gasteiger charge is -2.24. The van der Waals surface area contributed by atoms with E-state index >= 15 is 0 Å². The van der Waals surface area contributed by atoms with Gasteiger partial charge in [0.15, 0.2) is 0 Å². The number of allylic oxidation sites excluding steroid dienone is 2. The molecule has 0 radical (unpaired) electrons. The molecule has 2 rings (SSSR count). The predicted octanol–water partition coefficient (Wildman–Crippen LogP) is 4.32. The lowest BCUT2D eigenvalue weighted by molar-refractivity contribution is 0.401. The zero-order valence-corrected chi connectivity index (χ0v) is 18.1. The number of hydrogen-bond donors (Lipinski definition) is 0. The number of benzene rings is 2. The molecule has 0 bridgehead atoms. The molecule has 0 aromatic heterocycles. The minimum absolute atomic E-state index is 0.0931. The summed E-state index contributed by atoms with van der Waals surface area (Å²) in [5.74, 6) is 1.39. The lowest BCUT2D eigenvalue weighted by Crippen LogP contribution is -2.31. The van der Waals surface area contributed by atoms with Crippen molar-refractivity contribution < 1.29 is 17.9 Å². The summed E-state index contributed by atoms with van der Waals surface area (Å²) >= 11 is 0. The van der Waals surface area contributed by atoms with Crippen molar-refractivity contribution in [2.24, 2.45) is 4.99 Å². The van der Waals surface area contributed by atoms with Gasteiger partial charge in [-0.1, -0.05) is 37.4 Å². The van der Waals surface area contributed by atoms with Gasteiger partial charge in [-0.2, -0.15) is 4.31 Å². The average molecular weight is 427 g/mol. The second kappa shape index (κ2) is 10.6. The van der Waals surface area contributed by atoms with Crippen LogP contribution in [0.15, 0.2) is 89.4 Å². The molecular weight excluding hydrogens is 400 g/mol. The molecule has 158 valence electrons. The summed E-state index contributed by atoms with van der Waals surface area (Å²) in [7, 11) is -0.735. The molecular formula is C23H26N2O4S.